The van der Waals surface area contributed by atoms with E-state index in [9.17, 15) is 26.4 Å². The molecule has 1 amide bonds. The van der Waals surface area contributed by atoms with Crippen molar-refractivity contribution in [1.82, 2.24) is 15.6 Å². The number of allylic oxidation sites excluding steroid dienone is 1. The second kappa shape index (κ2) is 9.18. The van der Waals surface area contributed by atoms with E-state index >= 15 is 0 Å². The van der Waals surface area contributed by atoms with Crippen LogP contribution in [0.2, 0.25) is 0 Å². The Morgan fingerprint density at radius 3 is 2.39 bits per heavy atom. The molecule has 1 unspecified atom stereocenters. The lowest BCUT2D eigenvalue weighted by Gasteiger charge is -2.25. The number of carbonyl (C=O) groups excluding carboxylic acids is 1. The predicted molar refractivity (Wildman–Crippen MR) is 133 cm³/mol. The van der Waals surface area contributed by atoms with Crippen LogP contribution in [0.1, 0.15) is 60.1 Å². The number of anilines is 1. The van der Waals surface area contributed by atoms with Crippen molar-refractivity contribution in [2.75, 3.05) is 4.72 Å². The van der Waals surface area contributed by atoms with Crippen molar-refractivity contribution < 1.29 is 26.4 Å². The summed E-state index contributed by atoms with van der Waals surface area (Å²) in [5.41, 5.74) is -0.416. The van der Waals surface area contributed by atoms with Gasteiger partial charge in [0.15, 0.2) is 10.8 Å². The number of halogens is 3. The maximum absolute atomic E-state index is 13.1. The highest BCUT2D eigenvalue weighted by Gasteiger charge is 2.38. The van der Waals surface area contributed by atoms with Crippen LogP contribution >= 0.6 is 11.3 Å². The molecular formula is C23H26F3N5O3S2. The van der Waals surface area contributed by atoms with Gasteiger partial charge in [0.2, 0.25) is 10.0 Å². The molecule has 8 nitrogen and oxygen atoms in total. The van der Waals surface area contributed by atoms with Gasteiger partial charge in [-0.05, 0) is 58.2 Å². The topological polar surface area (TPSA) is 113 Å². The molecule has 0 saturated heterocycles. The summed E-state index contributed by atoms with van der Waals surface area (Å²) in [6.07, 6.45) is -2.46. The highest BCUT2D eigenvalue weighted by Crippen LogP contribution is 2.34. The van der Waals surface area contributed by atoms with E-state index in [-0.39, 0.29) is 16.1 Å². The van der Waals surface area contributed by atoms with E-state index in [0.29, 0.717) is 29.7 Å². The van der Waals surface area contributed by atoms with Crippen LogP contribution in [0, 0.1) is 6.92 Å². The summed E-state index contributed by atoms with van der Waals surface area (Å²) >= 11 is 1.20. The minimum atomic E-state index is -4.57. The Morgan fingerprint density at radius 1 is 1.17 bits per heavy atom. The van der Waals surface area contributed by atoms with E-state index in [1.165, 1.54) is 23.5 Å². The number of carbonyl (C=O) groups is 1. The highest BCUT2D eigenvalue weighted by molar-refractivity contribution is 7.93. The van der Waals surface area contributed by atoms with Crippen molar-refractivity contribution in [3.63, 3.8) is 0 Å². The summed E-state index contributed by atoms with van der Waals surface area (Å²) < 4.78 is 66.2. The molecule has 1 aromatic carbocycles. The molecule has 1 aliphatic carbocycles. The lowest BCUT2D eigenvalue weighted by Crippen LogP contribution is -2.41. The van der Waals surface area contributed by atoms with Crippen LogP contribution in [-0.4, -0.2) is 42.5 Å². The zero-order valence-electron chi connectivity index (χ0n) is 20.0. The first-order valence-corrected chi connectivity index (χ1v) is 13.6. The molecule has 3 N–H and O–H groups in total. The van der Waals surface area contributed by atoms with E-state index in [2.05, 4.69) is 25.3 Å². The van der Waals surface area contributed by atoms with Gasteiger partial charge in [0.25, 0.3) is 5.91 Å². The van der Waals surface area contributed by atoms with E-state index in [0.717, 1.165) is 11.1 Å². The second-order valence-electron chi connectivity index (χ2n) is 9.34. The van der Waals surface area contributed by atoms with E-state index in [1.54, 1.807) is 39.8 Å². The Kier molecular flexibility index (Phi) is 6.67. The zero-order chi connectivity index (χ0) is 26.5. The Labute approximate surface area is 211 Å². The number of hydrogen-bond acceptors (Lipinski definition) is 7. The van der Waals surface area contributed by atoms with E-state index < -0.39 is 39.4 Å². The van der Waals surface area contributed by atoms with Gasteiger partial charge in [-0.2, -0.15) is 13.2 Å². The second-order valence-corrected chi connectivity index (χ2v) is 12.5. The molecule has 2 aliphatic rings. The van der Waals surface area contributed by atoms with E-state index in [1.807, 2.05) is 0 Å². The van der Waals surface area contributed by atoms with Crippen molar-refractivity contribution >= 4 is 38.1 Å². The Morgan fingerprint density at radius 2 is 1.81 bits per heavy atom. The minimum Gasteiger partial charge on any atom is -0.381 e. The quantitative estimate of drug-likeness (QED) is 0.486. The molecule has 0 radical (unpaired) electrons. The van der Waals surface area contributed by atoms with Gasteiger partial charge >= 0.3 is 6.18 Å². The summed E-state index contributed by atoms with van der Waals surface area (Å²) in [6, 6.07) is 5.71. The number of hydrogen-bond donors (Lipinski definition) is 3. The van der Waals surface area contributed by atoms with Gasteiger partial charge in [-0.1, -0.05) is 12.1 Å². The number of amides is 1. The van der Waals surface area contributed by atoms with Crippen molar-refractivity contribution in [3.05, 3.63) is 57.9 Å². The van der Waals surface area contributed by atoms with E-state index in [4.69, 9.17) is 0 Å². The molecule has 1 fully saturated rings. The number of alkyl halides is 3. The summed E-state index contributed by atoms with van der Waals surface area (Å²) in [7, 11) is -3.45. The molecular weight excluding hydrogens is 515 g/mol. The molecule has 0 spiro atoms. The maximum atomic E-state index is 13.1. The number of aromatic nitrogens is 1. The van der Waals surface area contributed by atoms with Gasteiger partial charge in [0.05, 0.1) is 28.2 Å². The number of rotatable bonds is 7. The van der Waals surface area contributed by atoms with Gasteiger partial charge in [-0.15, -0.1) is 11.3 Å². The Bertz CT molecular complexity index is 1340. The summed E-state index contributed by atoms with van der Waals surface area (Å²) in [5, 5.41) is 5.44. The molecule has 2 heterocycles. The SMILES string of the molecule is Cc1sc(NS(=O)(=O)C2CC2)nc1C(C)(C)NC(=O)c1ccc(C2=NC(C(F)(F)F)=CNC2C)cc1. The van der Waals surface area contributed by atoms with Crippen LogP contribution in [-0.2, 0) is 15.6 Å². The summed E-state index contributed by atoms with van der Waals surface area (Å²) in [4.78, 5) is 21.9. The predicted octanol–water partition coefficient (Wildman–Crippen LogP) is 4.21. The lowest BCUT2D eigenvalue weighted by atomic mass is 9.98. The fourth-order valence-electron chi connectivity index (χ4n) is 3.81. The minimum absolute atomic E-state index is 0.219. The van der Waals surface area contributed by atoms with Gasteiger partial charge in [-0.3, -0.25) is 9.52 Å². The number of thiazole rings is 1. The van der Waals surface area contributed by atoms with Crippen molar-refractivity contribution in [1.29, 1.82) is 0 Å². The number of benzene rings is 1. The van der Waals surface area contributed by atoms with Crippen LogP contribution in [0.25, 0.3) is 0 Å². The molecule has 0 bridgehead atoms. The maximum Gasteiger partial charge on any atom is 0.434 e. The zero-order valence-corrected chi connectivity index (χ0v) is 21.7. The highest BCUT2D eigenvalue weighted by atomic mass is 32.2. The van der Waals surface area contributed by atoms with Gasteiger partial charge in [-0.25, -0.2) is 18.4 Å². The lowest BCUT2D eigenvalue weighted by molar-refractivity contribution is -0.0929. The fourth-order valence-corrected chi connectivity index (χ4v) is 6.36. The monoisotopic (exact) mass is 541 g/mol. The number of nitrogens with zero attached hydrogens (tertiary/aromatic N) is 2. The first-order valence-electron chi connectivity index (χ1n) is 11.2. The van der Waals surface area contributed by atoms with Crippen LogP contribution in [0.5, 0.6) is 0 Å². The summed E-state index contributed by atoms with van der Waals surface area (Å²) in [6.45, 7) is 7.01. The Hall–Kier alpha value is -2.93. The number of sulfonamides is 1. The molecule has 2 aromatic rings. The Balaban J connectivity index is 1.49. The van der Waals surface area contributed by atoms with Gasteiger partial charge < -0.3 is 10.6 Å². The molecule has 1 aromatic heterocycles. The molecule has 1 atom stereocenters. The number of aliphatic imine (C=N–C) groups is 1. The molecule has 4 rings (SSSR count). The third-order valence-corrected chi connectivity index (χ3v) is 8.70. The average Bonchev–Trinajstić information content (AvgIpc) is 3.57. The molecule has 36 heavy (non-hydrogen) atoms. The molecule has 1 aliphatic heterocycles. The van der Waals surface area contributed by atoms with Crippen molar-refractivity contribution in [2.24, 2.45) is 4.99 Å². The number of aryl methyl sites for hydroxylation is 1. The van der Waals surface area contributed by atoms with Crippen LogP contribution < -0.4 is 15.4 Å². The molecule has 1 saturated carbocycles. The van der Waals surface area contributed by atoms with Gasteiger partial charge in [0, 0.05) is 16.6 Å². The third-order valence-electron chi connectivity index (χ3n) is 5.86. The smallest absolute Gasteiger partial charge is 0.381 e. The normalized spacial score (nSPS) is 18.7. The van der Waals surface area contributed by atoms with Crippen LogP contribution in [0.3, 0.4) is 0 Å². The first kappa shape index (κ1) is 26.1. The van der Waals surface area contributed by atoms with Crippen LogP contribution in [0.4, 0.5) is 18.3 Å². The largest absolute Gasteiger partial charge is 0.434 e. The van der Waals surface area contributed by atoms with Crippen molar-refractivity contribution in [2.45, 2.75) is 63.5 Å². The third kappa shape index (κ3) is 5.56. The standard InChI is InChI=1S/C23H26F3N5O3S2/c1-12-18(28-17(11-27-12)23(24,25)26)14-5-7-15(8-6-14)20(32)30-22(3,4)19-13(2)35-21(29-19)31-36(33,34)16-9-10-16/h5-8,11-12,16,27H,9-10H2,1-4H3,(H,29,31)(H,30,32). The number of nitrogens with one attached hydrogen (secondary N) is 3. The fraction of sp³-hybridized carbons (Fsp3) is 0.435. The van der Waals surface area contributed by atoms with Crippen LogP contribution in [0.15, 0.2) is 41.2 Å². The van der Waals surface area contributed by atoms with Gasteiger partial charge in [0.1, 0.15) is 0 Å². The average molecular weight is 542 g/mol. The molecule has 13 heteroatoms. The first-order chi connectivity index (χ1) is 16.7. The van der Waals surface area contributed by atoms with Crippen molar-refractivity contribution in [3.8, 4) is 0 Å². The summed E-state index contributed by atoms with van der Waals surface area (Å²) in [5.74, 6) is -0.410. The molecule has 194 valence electrons.